The van der Waals surface area contributed by atoms with E-state index in [0.717, 1.165) is 12.0 Å². The van der Waals surface area contributed by atoms with Crippen molar-refractivity contribution in [2.45, 2.75) is 19.1 Å². The second-order valence-corrected chi connectivity index (χ2v) is 3.61. The quantitative estimate of drug-likeness (QED) is 0.387. The van der Waals surface area contributed by atoms with E-state index in [1.54, 1.807) is 0 Å². The molecule has 2 nitrogen and oxygen atoms in total. The van der Waals surface area contributed by atoms with Crippen LogP contribution in [-0.4, -0.2) is 12.7 Å². The molecule has 90 valence electrons. The first-order valence-corrected chi connectivity index (χ1v) is 5.59. The molecule has 0 spiro atoms. The molecule has 0 unspecified atom stereocenters. The Morgan fingerprint density at radius 3 is 2.71 bits per heavy atom. The van der Waals surface area contributed by atoms with Gasteiger partial charge in [0.2, 0.25) is 0 Å². The van der Waals surface area contributed by atoms with Crippen molar-refractivity contribution < 1.29 is 9.47 Å². The molecule has 1 atom stereocenters. The zero-order chi connectivity index (χ0) is 12.3. The molecule has 0 aliphatic carbocycles. The molecule has 1 rings (SSSR count). The van der Waals surface area contributed by atoms with Crippen LogP contribution in [0.5, 0.6) is 0 Å². The Balaban J connectivity index is 2.31. The van der Waals surface area contributed by atoms with Gasteiger partial charge in [0.05, 0.1) is 13.2 Å². The van der Waals surface area contributed by atoms with Crippen LogP contribution in [0.4, 0.5) is 0 Å². The topological polar surface area (TPSA) is 18.5 Å². The Hall–Kier alpha value is -1.76. The molecule has 0 amide bonds. The van der Waals surface area contributed by atoms with E-state index < -0.39 is 0 Å². The maximum absolute atomic E-state index is 5.59. The summed E-state index contributed by atoms with van der Waals surface area (Å²) in [6.45, 7) is 8.26. The Morgan fingerprint density at radius 2 is 2.06 bits per heavy atom. The molecule has 2 heteroatoms. The van der Waals surface area contributed by atoms with Crippen molar-refractivity contribution in [3.63, 3.8) is 0 Å². The molecule has 17 heavy (non-hydrogen) atoms. The third-order valence-electron chi connectivity index (χ3n) is 2.19. The molecule has 0 saturated heterocycles. The summed E-state index contributed by atoms with van der Waals surface area (Å²) in [4.78, 5) is 0. The van der Waals surface area contributed by atoms with Gasteiger partial charge in [-0.25, -0.2) is 0 Å². The Kier molecular flexibility index (Phi) is 6.57. The van der Waals surface area contributed by atoms with Gasteiger partial charge in [0, 0.05) is 6.42 Å². The van der Waals surface area contributed by atoms with Crippen molar-refractivity contribution in [3.05, 3.63) is 67.1 Å². The molecule has 0 bridgehead atoms. The highest BCUT2D eigenvalue weighted by molar-refractivity contribution is 5.13. The summed E-state index contributed by atoms with van der Waals surface area (Å²) in [6.07, 6.45) is 3.99. The SMILES string of the molecule is C=C=CO[C@@H](CC=C)COCc1ccccc1. The monoisotopic (exact) mass is 230 g/mol. The number of ether oxygens (including phenoxy) is 2. The van der Waals surface area contributed by atoms with Gasteiger partial charge < -0.3 is 9.47 Å². The lowest BCUT2D eigenvalue weighted by Gasteiger charge is -2.14. The van der Waals surface area contributed by atoms with E-state index in [1.165, 1.54) is 6.26 Å². The lowest BCUT2D eigenvalue weighted by atomic mass is 10.2. The van der Waals surface area contributed by atoms with Gasteiger partial charge in [-0.2, -0.15) is 0 Å². The van der Waals surface area contributed by atoms with E-state index in [4.69, 9.17) is 9.47 Å². The van der Waals surface area contributed by atoms with Crippen LogP contribution < -0.4 is 0 Å². The Morgan fingerprint density at radius 1 is 1.29 bits per heavy atom. The van der Waals surface area contributed by atoms with Gasteiger partial charge in [0.25, 0.3) is 0 Å². The first-order valence-electron chi connectivity index (χ1n) is 5.59. The van der Waals surface area contributed by atoms with Crippen LogP contribution >= 0.6 is 0 Å². The number of hydrogen-bond acceptors (Lipinski definition) is 2. The minimum Gasteiger partial charge on any atom is -0.487 e. The Labute approximate surface area is 103 Å². The molecule has 1 aromatic rings. The van der Waals surface area contributed by atoms with Crippen LogP contribution in [0.15, 0.2) is 61.6 Å². The summed E-state index contributed by atoms with van der Waals surface area (Å²) in [5.41, 5.74) is 3.73. The molecule has 0 saturated carbocycles. The van der Waals surface area contributed by atoms with Crippen LogP contribution in [0.25, 0.3) is 0 Å². The van der Waals surface area contributed by atoms with Crippen molar-refractivity contribution in [2.75, 3.05) is 6.61 Å². The summed E-state index contributed by atoms with van der Waals surface area (Å²) in [5, 5.41) is 0. The normalized spacial score (nSPS) is 11.3. The van der Waals surface area contributed by atoms with E-state index in [0.29, 0.717) is 13.2 Å². The fourth-order valence-corrected chi connectivity index (χ4v) is 1.38. The summed E-state index contributed by atoms with van der Waals surface area (Å²) in [6, 6.07) is 10.1. The highest BCUT2D eigenvalue weighted by atomic mass is 16.5. The van der Waals surface area contributed by atoms with Gasteiger partial charge in [-0.1, -0.05) is 48.7 Å². The van der Waals surface area contributed by atoms with Gasteiger partial charge in [0.1, 0.15) is 12.4 Å². The summed E-state index contributed by atoms with van der Waals surface area (Å²) >= 11 is 0. The molecule has 0 aliphatic rings. The summed E-state index contributed by atoms with van der Waals surface area (Å²) < 4.78 is 11.0. The standard InChI is InChI=1S/C15H18O2/c1-3-8-15(17-11-4-2)13-16-12-14-9-6-5-7-10-14/h3,5-7,9-11,15H,1-2,8,12-13H2/t15-/m0/s1. The molecule has 0 fully saturated rings. The lowest BCUT2D eigenvalue weighted by molar-refractivity contribution is 0.0214. The van der Waals surface area contributed by atoms with Crippen molar-refractivity contribution >= 4 is 0 Å². The third-order valence-corrected chi connectivity index (χ3v) is 2.19. The van der Waals surface area contributed by atoms with Crippen molar-refractivity contribution in [1.29, 1.82) is 0 Å². The van der Waals surface area contributed by atoms with Gasteiger partial charge in [-0.15, -0.1) is 6.58 Å². The smallest absolute Gasteiger partial charge is 0.125 e. The molecule has 0 heterocycles. The second-order valence-electron chi connectivity index (χ2n) is 3.61. The van der Waals surface area contributed by atoms with Gasteiger partial charge in [0.15, 0.2) is 0 Å². The number of benzene rings is 1. The zero-order valence-corrected chi connectivity index (χ0v) is 9.97. The van der Waals surface area contributed by atoms with Crippen molar-refractivity contribution in [3.8, 4) is 0 Å². The third kappa shape index (κ3) is 5.76. The van der Waals surface area contributed by atoms with Crippen LogP contribution in [0.3, 0.4) is 0 Å². The fraction of sp³-hybridized carbons (Fsp3) is 0.267. The zero-order valence-electron chi connectivity index (χ0n) is 9.97. The highest BCUT2D eigenvalue weighted by Crippen LogP contribution is 2.05. The highest BCUT2D eigenvalue weighted by Gasteiger charge is 2.06. The number of hydrogen-bond donors (Lipinski definition) is 0. The largest absolute Gasteiger partial charge is 0.487 e. The molecule has 0 radical (unpaired) electrons. The molecule has 0 aromatic heterocycles. The fourth-order valence-electron chi connectivity index (χ4n) is 1.38. The maximum atomic E-state index is 5.59. The van der Waals surface area contributed by atoms with Crippen molar-refractivity contribution in [1.82, 2.24) is 0 Å². The van der Waals surface area contributed by atoms with E-state index in [9.17, 15) is 0 Å². The second kappa shape index (κ2) is 8.40. The predicted octanol–water partition coefficient (Wildman–Crippen LogP) is 3.46. The first kappa shape index (κ1) is 13.3. The van der Waals surface area contributed by atoms with Gasteiger partial charge >= 0.3 is 0 Å². The summed E-state index contributed by atoms with van der Waals surface area (Å²) in [7, 11) is 0. The van der Waals surface area contributed by atoms with Crippen LogP contribution in [0.2, 0.25) is 0 Å². The van der Waals surface area contributed by atoms with Gasteiger partial charge in [-0.3, -0.25) is 0 Å². The molecular weight excluding hydrogens is 212 g/mol. The van der Waals surface area contributed by atoms with E-state index in [-0.39, 0.29) is 6.10 Å². The average Bonchev–Trinajstić information content (AvgIpc) is 2.37. The van der Waals surface area contributed by atoms with E-state index >= 15 is 0 Å². The molecule has 1 aromatic carbocycles. The van der Waals surface area contributed by atoms with Crippen LogP contribution in [0, 0.1) is 0 Å². The van der Waals surface area contributed by atoms with E-state index in [2.05, 4.69) is 18.9 Å². The minimum absolute atomic E-state index is 0.0227. The summed E-state index contributed by atoms with van der Waals surface area (Å²) in [5.74, 6) is 0. The van der Waals surface area contributed by atoms with E-state index in [1.807, 2.05) is 36.4 Å². The van der Waals surface area contributed by atoms with Crippen molar-refractivity contribution in [2.24, 2.45) is 0 Å². The average molecular weight is 230 g/mol. The van der Waals surface area contributed by atoms with Gasteiger partial charge in [-0.05, 0) is 5.56 Å². The molecule has 0 aliphatic heterocycles. The lowest BCUT2D eigenvalue weighted by Crippen LogP contribution is -2.16. The van der Waals surface area contributed by atoms with Crippen LogP contribution in [0.1, 0.15) is 12.0 Å². The predicted molar refractivity (Wildman–Crippen MR) is 69.5 cm³/mol. The molecular formula is C15H18O2. The maximum Gasteiger partial charge on any atom is 0.125 e. The minimum atomic E-state index is -0.0227. The first-order chi connectivity index (χ1) is 8.36. The number of rotatable bonds is 8. The Bertz CT molecular complexity index is 364. The van der Waals surface area contributed by atoms with Crippen LogP contribution in [-0.2, 0) is 16.1 Å². The molecule has 0 N–H and O–H groups in total.